The Morgan fingerprint density at radius 3 is 2.83 bits per heavy atom. The monoisotopic (exact) mass is 326 g/mol. The SMILES string of the molecule is CN1CCC2=NN(C)C(=O)C2(CCN2C(=O)Cc3ccccc32)C1. The summed E-state index contributed by atoms with van der Waals surface area (Å²) in [5, 5.41) is 5.96. The van der Waals surface area contributed by atoms with Gasteiger partial charge in [-0.3, -0.25) is 9.59 Å². The smallest absolute Gasteiger partial charge is 0.255 e. The minimum Gasteiger partial charge on any atom is -0.312 e. The van der Waals surface area contributed by atoms with Gasteiger partial charge in [0.15, 0.2) is 0 Å². The summed E-state index contributed by atoms with van der Waals surface area (Å²) >= 11 is 0. The van der Waals surface area contributed by atoms with Crippen LogP contribution < -0.4 is 4.90 Å². The van der Waals surface area contributed by atoms with Gasteiger partial charge in [0.1, 0.15) is 5.41 Å². The van der Waals surface area contributed by atoms with Gasteiger partial charge in [-0.2, -0.15) is 5.10 Å². The average Bonchev–Trinajstić information content (AvgIpc) is 3.01. The van der Waals surface area contributed by atoms with Gasteiger partial charge in [-0.15, -0.1) is 0 Å². The standard InChI is InChI=1S/C18H22N4O2/c1-20-9-7-15-18(12-20,17(24)21(2)19-15)8-10-22-14-6-4-3-5-13(14)11-16(22)23/h3-6H,7-12H2,1-2H3. The first-order valence-electron chi connectivity index (χ1n) is 8.44. The third-order valence-electron chi connectivity index (χ3n) is 5.48. The Labute approximate surface area is 141 Å². The number of para-hydroxylation sites is 1. The second kappa shape index (κ2) is 5.41. The highest BCUT2D eigenvalue weighted by molar-refractivity contribution is 6.13. The summed E-state index contributed by atoms with van der Waals surface area (Å²) in [6.07, 6.45) is 1.90. The van der Waals surface area contributed by atoms with Gasteiger partial charge in [0.25, 0.3) is 5.91 Å². The molecule has 126 valence electrons. The number of amides is 2. The summed E-state index contributed by atoms with van der Waals surface area (Å²) in [5.41, 5.74) is 2.47. The minimum atomic E-state index is -0.570. The lowest BCUT2D eigenvalue weighted by atomic mass is 9.75. The molecule has 1 fully saturated rings. The van der Waals surface area contributed by atoms with E-state index < -0.39 is 5.41 Å². The lowest BCUT2D eigenvalue weighted by Gasteiger charge is -2.38. The predicted octanol–water partition coefficient (Wildman–Crippen LogP) is 1.12. The van der Waals surface area contributed by atoms with Crippen LogP contribution in [0.5, 0.6) is 0 Å². The fourth-order valence-electron chi connectivity index (χ4n) is 4.23. The van der Waals surface area contributed by atoms with Crippen molar-refractivity contribution >= 4 is 23.2 Å². The molecule has 6 nitrogen and oxygen atoms in total. The van der Waals surface area contributed by atoms with E-state index in [1.54, 1.807) is 7.05 Å². The molecule has 3 aliphatic rings. The van der Waals surface area contributed by atoms with E-state index in [1.165, 1.54) is 5.01 Å². The van der Waals surface area contributed by atoms with Crippen molar-refractivity contribution in [2.24, 2.45) is 10.5 Å². The Kier molecular flexibility index (Phi) is 3.46. The van der Waals surface area contributed by atoms with Crippen molar-refractivity contribution in [1.82, 2.24) is 9.91 Å². The van der Waals surface area contributed by atoms with Gasteiger partial charge >= 0.3 is 0 Å². The molecule has 4 rings (SSSR count). The fourth-order valence-corrected chi connectivity index (χ4v) is 4.23. The quantitative estimate of drug-likeness (QED) is 0.836. The van der Waals surface area contributed by atoms with Crippen LogP contribution in [0.25, 0.3) is 0 Å². The number of likely N-dealkylation sites (tertiary alicyclic amines) is 1. The number of carbonyl (C=O) groups excluding carboxylic acids is 2. The number of rotatable bonds is 3. The molecule has 0 saturated carbocycles. The van der Waals surface area contributed by atoms with Crippen LogP contribution in [-0.2, 0) is 16.0 Å². The third kappa shape index (κ3) is 2.17. The molecule has 0 spiro atoms. The minimum absolute atomic E-state index is 0.0592. The molecule has 6 heteroatoms. The highest BCUT2D eigenvalue weighted by atomic mass is 16.2. The van der Waals surface area contributed by atoms with E-state index in [0.717, 1.165) is 29.9 Å². The van der Waals surface area contributed by atoms with Crippen LogP contribution in [0, 0.1) is 5.41 Å². The van der Waals surface area contributed by atoms with E-state index in [1.807, 2.05) is 36.2 Å². The Morgan fingerprint density at radius 1 is 1.21 bits per heavy atom. The number of hydrazone groups is 1. The highest BCUT2D eigenvalue weighted by Gasteiger charge is 2.52. The molecule has 24 heavy (non-hydrogen) atoms. The molecular formula is C18H22N4O2. The maximum absolute atomic E-state index is 12.8. The molecule has 0 aliphatic carbocycles. The van der Waals surface area contributed by atoms with Gasteiger partial charge in [-0.25, -0.2) is 5.01 Å². The van der Waals surface area contributed by atoms with Gasteiger partial charge in [-0.1, -0.05) is 18.2 Å². The van der Waals surface area contributed by atoms with E-state index in [2.05, 4.69) is 10.0 Å². The maximum atomic E-state index is 12.8. The zero-order chi connectivity index (χ0) is 16.9. The zero-order valence-corrected chi connectivity index (χ0v) is 14.2. The van der Waals surface area contributed by atoms with Crippen molar-refractivity contribution in [3.05, 3.63) is 29.8 Å². The van der Waals surface area contributed by atoms with Crippen molar-refractivity contribution in [3.8, 4) is 0 Å². The molecule has 1 aromatic carbocycles. The van der Waals surface area contributed by atoms with E-state index in [-0.39, 0.29) is 11.8 Å². The first-order valence-corrected chi connectivity index (χ1v) is 8.44. The number of benzene rings is 1. The van der Waals surface area contributed by atoms with Crippen LogP contribution in [0.1, 0.15) is 18.4 Å². The molecule has 1 aromatic rings. The van der Waals surface area contributed by atoms with Crippen molar-refractivity contribution in [1.29, 1.82) is 0 Å². The fraction of sp³-hybridized carbons (Fsp3) is 0.500. The van der Waals surface area contributed by atoms with E-state index in [4.69, 9.17) is 0 Å². The normalized spacial score (nSPS) is 26.7. The Balaban J connectivity index is 1.59. The number of hydrogen-bond acceptors (Lipinski definition) is 4. The average molecular weight is 326 g/mol. The Morgan fingerprint density at radius 2 is 2.00 bits per heavy atom. The predicted molar refractivity (Wildman–Crippen MR) is 91.9 cm³/mol. The molecule has 1 saturated heterocycles. The van der Waals surface area contributed by atoms with Gasteiger partial charge in [-0.05, 0) is 25.1 Å². The number of anilines is 1. The molecule has 1 unspecified atom stereocenters. The first-order chi connectivity index (χ1) is 11.5. The lowest BCUT2D eigenvalue weighted by molar-refractivity contribution is -0.136. The van der Waals surface area contributed by atoms with Crippen molar-refractivity contribution in [2.45, 2.75) is 19.3 Å². The van der Waals surface area contributed by atoms with Crippen LogP contribution in [0.4, 0.5) is 5.69 Å². The van der Waals surface area contributed by atoms with Gasteiger partial charge < -0.3 is 9.80 Å². The first kappa shape index (κ1) is 15.3. The van der Waals surface area contributed by atoms with Gasteiger partial charge in [0.2, 0.25) is 5.91 Å². The number of nitrogens with zero attached hydrogens (tertiary/aromatic N) is 4. The van der Waals surface area contributed by atoms with Gasteiger partial charge in [0, 0.05) is 38.8 Å². The summed E-state index contributed by atoms with van der Waals surface area (Å²) < 4.78 is 0. The van der Waals surface area contributed by atoms with Crippen molar-refractivity contribution < 1.29 is 9.59 Å². The number of fused-ring (bicyclic) bond motifs is 2. The van der Waals surface area contributed by atoms with Crippen LogP contribution in [-0.4, -0.2) is 61.2 Å². The third-order valence-corrected chi connectivity index (χ3v) is 5.48. The molecule has 0 N–H and O–H groups in total. The largest absolute Gasteiger partial charge is 0.312 e. The molecule has 0 radical (unpaired) electrons. The summed E-state index contributed by atoms with van der Waals surface area (Å²) in [5.74, 6) is 0.179. The summed E-state index contributed by atoms with van der Waals surface area (Å²) in [6, 6.07) is 7.91. The maximum Gasteiger partial charge on any atom is 0.255 e. The molecule has 1 atom stereocenters. The molecule has 2 amide bonds. The number of hydrogen-bond donors (Lipinski definition) is 0. The molecule has 0 aromatic heterocycles. The van der Waals surface area contributed by atoms with Crippen LogP contribution in [0.15, 0.2) is 29.4 Å². The second-order valence-electron chi connectivity index (χ2n) is 7.05. The van der Waals surface area contributed by atoms with Crippen LogP contribution in [0.2, 0.25) is 0 Å². The highest BCUT2D eigenvalue weighted by Crippen LogP contribution is 2.39. The molecule has 0 bridgehead atoms. The van der Waals surface area contributed by atoms with E-state index in [0.29, 0.717) is 25.9 Å². The number of carbonyl (C=O) groups is 2. The molecule has 3 heterocycles. The van der Waals surface area contributed by atoms with Crippen molar-refractivity contribution in [2.75, 3.05) is 38.6 Å². The Hall–Kier alpha value is -2.21. The molecule has 3 aliphatic heterocycles. The van der Waals surface area contributed by atoms with E-state index in [9.17, 15) is 9.59 Å². The number of piperidine rings is 1. The molecular weight excluding hydrogens is 304 g/mol. The van der Waals surface area contributed by atoms with Gasteiger partial charge in [0.05, 0.1) is 12.1 Å². The Bertz CT molecular complexity index is 744. The van der Waals surface area contributed by atoms with Crippen LogP contribution >= 0.6 is 0 Å². The summed E-state index contributed by atoms with van der Waals surface area (Å²) in [4.78, 5) is 29.2. The topological polar surface area (TPSA) is 56.2 Å². The summed E-state index contributed by atoms with van der Waals surface area (Å²) in [7, 11) is 3.77. The van der Waals surface area contributed by atoms with Crippen molar-refractivity contribution in [3.63, 3.8) is 0 Å². The second-order valence-corrected chi connectivity index (χ2v) is 7.05. The lowest BCUT2D eigenvalue weighted by Crippen LogP contribution is -2.53. The summed E-state index contributed by atoms with van der Waals surface area (Å²) in [6.45, 7) is 2.16. The van der Waals surface area contributed by atoms with Crippen LogP contribution in [0.3, 0.4) is 0 Å². The zero-order valence-electron chi connectivity index (χ0n) is 14.2. The van der Waals surface area contributed by atoms with E-state index >= 15 is 0 Å².